The van der Waals surface area contributed by atoms with Gasteiger partial charge < -0.3 is 10.6 Å². The van der Waals surface area contributed by atoms with Crippen LogP contribution in [0.1, 0.15) is 30.4 Å². The number of aryl methyl sites for hydroxylation is 1. The summed E-state index contributed by atoms with van der Waals surface area (Å²) >= 11 is 0. The van der Waals surface area contributed by atoms with Crippen LogP contribution in [0.15, 0.2) is 41.3 Å². The Kier molecular flexibility index (Phi) is 8.14. The molecule has 1 aliphatic rings. The number of nitrogens with two attached hydrogens (primary N) is 1. The first-order valence-electron chi connectivity index (χ1n) is 10.8. The van der Waals surface area contributed by atoms with Gasteiger partial charge in [0.15, 0.2) is 11.6 Å². The van der Waals surface area contributed by atoms with E-state index in [0.29, 0.717) is 32.0 Å². The van der Waals surface area contributed by atoms with Gasteiger partial charge in [-0.1, -0.05) is 17.7 Å². The highest BCUT2D eigenvalue weighted by Crippen LogP contribution is 2.24. The van der Waals surface area contributed by atoms with Crippen molar-refractivity contribution in [2.24, 2.45) is 11.7 Å². The van der Waals surface area contributed by atoms with E-state index in [1.165, 1.54) is 12.1 Å². The van der Waals surface area contributed by atoms with E-state index in [4.69, 9.17) is 5.73 Å². The average Bonchev–Trinajstić information content (AvgIpc) is 2.77. The zero-order valence-corrected chi connectivity index (χ0v) is 19.2. The van der Waals surface area contributed by atoms with Gasteiger partial charge in [0.05, 0.1) is 4.90 Å². The summed E-state index contributed by atoms with van der Waals surface area (Å²) in [5, 5.41) is 0. The molecule has 1 heterocycles. The molecule has 0 aromatic heterocycles. The molecule has 10 heteroatoms. The molecule has 2 aromatic carbocycles. The Morgan fingerprint density at radius 3 is 2.33 bits per heavy atom. The summed E-state index contributed by atoms with van der Waals surface area (Å²) in [7, 11) is -3.68. The molecule has 0 aliphatic carbocycles. The van der Waals surface area contributed by atoms with Crippen LogP contribution in [0.3, 0.4) is 0 Å². The normalized spacial score (nSPS) is 16.1. The molecule has 3 rings (SSSR count). The summed E-state index contributed by atoms with van der Waals surface area (Å²) in [5.74, 6) is -3.35. The monoisotopic (exact) mass is 483 g/mol. The highest BCUT2D eigenvalue weighted by atomic mass is 32.2. The number of hydrogen-bond donors (Lipinski definition) is 2. The van der Waals surface area contributed by atoms with Crippen LogP contribution in [0.4, 0.5) is 13.2 Å². The molecule has 1 aliphatic heterocycles. The Morgan fingerprint density at radius 1 is 1.09 bits per heavy atom. The summed E-state index contributed by atoms with van der Waals surface area (Å²) in [6.45, 7) is 2.74. The van der Waals surface area contributed by atoms with E-state index in [2.05, 4.69) is 4.72 Å². The predicted octanol–water partition coefficient (Wildman–Crippen LogP) is 2.89. The van der Waals surface area contributed by atoms with Gasteiger partial charge >= 0.3 is 0 Å². The first kappa shape index (κ1) is 25.2. The van der Waals surface area contributed by atoms with Crippen molar-refractivity contribution >= 4 is 15.9 Å². The van der Waals surface area contributed by atoms with Crippen LogP contribution in [0.5, 0.6) is 0 Å². The number of rotatable bonds is 8. The maximum atomic E-state index is 13.9. The second-order valence-electron chi connectivity index (χ2n) is 8.40. The molecule has 6 nitrogen and oxygen atoms in total. The van der Waals surface area contributed by atoms with Gasteiger partial charge in [0, 0.05) is 38.2 Å². The lowest BCUT2D eigenvalue weighted by molar-refractivity contribution is -0.132. The number of carbonyl (C=O) groups excluding carboxylic acids is 1. The lowest BCUT2D eigenvalue weighted by Crippen LogP contribution is -2.44. The SMILES string of the molecule is Cc1ccc(S(=O)(=O)NCCC(=O)N2CCC([C@H](N)Cc3cc(F)c(F)cc3F)CC2)cc1. The van der Waals surface area contributed by atoms with Crippen molar-refractivity contribution in [2.75, 3.05) is 19.6 Å². The topological polar surface area (TPSA) is 92.5 Å². The van der Waals surface area contributed by atoms with E-state index in [1.54, 1.807) is 17.0 Å². The highest BCUT2D eigenvalue weighted by molar-refractivity contribution is 7.89. The number of piperidine rings is 1. The summed E-state index contributed by atoms with van der Waals surface area (Å²) in [6.07, 6.45) is 1.28. The summed E-state index contributed by atoms with van der Waals surface area (Å²) in [5.41, 5.74) is 7.16. The molecule has 0 spiro atoms. The van der Waals surface area contributed by atoms with Gasteiger partial charge in [0.1, 0.15) is 5.82 Å². The minimum Gasteiger partial charge on any atom is -0.343 e. The predicted molar refractivity (Wildman–Crippen MR) is 118 cm³/mol. The number of hydrogen-bond acceptors (Lipinski definition) is 4. The maximum absolute atomic E-state index is 13.9. The maximum Gasteiger partial charge on any atom is 0.240 e. The zero-order chi connectivity index (χ0) is 24.2. The largest absolute Gasteiger partial charge is 0.343 e. The van der Waals surface area contributed by atoms with Gasteiger partial charge in [-0.25, -0.2) is 26.3 Å². The Balaban J connectivity index is 1.45. The van der Waals surface area contributed by atoms with E-state index >= 15 is 0 Å². The fraction of sp³-hybridized carbons (Fsp3) is 0.435. The van der Waals surface area contributed by atoms with Gasteiger partial charge in [-0.3, -0.25) is 4.79 Å². The van der Waals surface area contributed by atoms with Gasteiger partial charge in [0.25, 0.3) is 0 Å². The third-order valence-electron chi connectivity index (χ3n) is 6.00. The van der Waals surface area contributed by atoms with Crippen molar-refractivity contribution in [3.63, 3.8) is 0 Å². The van der Waals surface area contributed by atoms with Crippen LogP contribution in [0, 0.1) is 30.3 Å². The molecular weight excluding hydrogens is 455 g/mol. The van der Waals surface area contributed by atoms with E-state index in [0.717, 1.165) is 11.6 Å². The fourth-order valence-corrected chi connectivity index (χ4v) is 5.00. The van der Waals surface area contributed by atoms with Crippen LogP contribution in [-0.2, 0) is 21.2 Å². The summed E-state index contributed by atoms with van der Waals surface area (Å²) in [4.78, 5) is 14.3. The number of halogens is 3. The Bertz CT molecular complexity index is 1090. The number of likely N-dealkylation sites (tertiary alicyclic amines) is 1. The van der Waals surface area contributed by atoms with Gasteiger partial charge in [-0.15, -0.1) is 0 Å². The fourth-order valence-electron chi connectivity index (χ4n) is 3.97. The second kappa shape index (κ2) is 10.7. The minimum absolute atomic E-state index is 0.00149. The van der Waals surface area contributed by atoms with Gasteiger partial charge in [-0.05, 0) is 55.9 Å². The quantitative estimate of drug-likeness (QED) is 0.565. The van der Waals surface area contributed by atoms with Crippen molar-refractivity contribution in [3.05, 3.63) is 65.0 Å². The number of carbonyl (C=O) groups is 1. The third-order valence-corrected chi connectivity index (χ3v) is 7.48. The van der Waals surface area contributed by atoms with E-state index < -0.39 is 33.5 Å². The van der Waals surface area contributed by atoms with Crippen molar-refractivity contribution in [3.8, 4) is 0 Å². The average molecular weight is 484 g/mol. The first-order chi connectivity index (χ1) is 15.6. The lowest BCUT2D eigenvalue weighted by Gasteiger charge is -2.35. The number of sulfonamides is 1. The van der Waals surface area contributed by atoms with Crippen molar-refractivity contribution in [1.29, 1.82) is 0 Å². The molecule has 1 saturated heterocycles. The van der Waals surface area contributed by atoms with Crippen molar-refractivity contribution < 1.29 is 26.4 Å². The molecule has 1 atom stereocenters. The van der Waals surface area contributed by atoms with E-state index in [1.807, 2.05) is 6.92 Å². The molecule has 1 amide bonds. The number of amides is 1. The van der Waals surface area contributed by atoms with Crippen LogP contribution in [-0.4, -0.2) is 44.9 Å². The Labute approximate surface area is 192 Å². The molecule has 3 N–H and O–H groups in total. The summed E-state index contributed by atoms with van der Waals surface area (Å²) in [6, 6.07) is 7.33. The number of nitrogens with zero attached hydrogens (tertiary/aromatic N) is 1. The number of nitrogens with one attached hydrogen (secondary N) is 1. The third kappa shape index (κ3) is 6.55. The van der Waals surface area contributed by atoms with Gasteiger partial charge in [-0.2, -0.15) is 0 Å². The van der Waals surface area contributed by atoms with Crippen LogP contribution in [0.2, 0.25) is 0 Å². The number of benzene rings is 2. The van der Waals surface area contributed by atoms with Crippen LogP contribution in [0.25, 0.3) is 0 Å². The molecule has 0 saturated carbocycles. The molecule has 33 heavy (non-hydrogen) atoms. The second-order valence-corrected chi connectivity index (χ2v) is 10.2. The van der Waals surface area contributed by atoms with E-state index in [-0.39, 0.29) is 41.7 Å². The molecule has 1 fully saturated rings. The van der Waals surface area contributed by atoms with Crippen LogP contribution >= 0.6 is 0 Å². The molecule has 0 unspecified atom stereocenters. The Morgan fingerprint density at radius 2 is 1.70 bits per heavy atom. The molecule has 0 radical (unpaired) electrons. The lowest BCUT2D eigenvalue weighted by atomic mass is 9.86. The van der Waals surface area contributed by atoms with Gasteiger partial charge in [0.2, 0.25) is 15.9 Å². The molecule has 0 bridgehead atoms. The smallest absolute Gasteiger partial charge is 0.240 e. The molecular formula is C23H28F3N3O3S. The van der Waals surface area contributed by atoms with E-state index in [9.17, 15) is 26.4 Å². The molecule has 180 valence electrons. The van der Waals surface area contributed by atoms with Crippen LogP contribution < -0.4 is 10.5 Å². The standard InChI is InChI=1S/C23H28F3N3O3S/c1-15-2-4-18(5-3-15)33(31,32)28-9-6-23(30)29-10-7-16(8-11-29)22(27)13-17-12-20(25)21(26)14-19(17)24/h2-5,12,14,16,22,28H,6-11,13,27H2,1H3/t22-/m1/s1. The summed E-state index contributed by atoms with van der Waals surface area (Å²) < 4.78 is 67.5. The van der Waals surface area contributed by atoms with Crippen molar-refractivity contribution in [2.45, 2.75) is 43.5 Å². The minimum atomic E-state index is -3.68. The highest BCUT2D eigenvalue weighted by Gasteiger charge is 2.27. The zero-order valence-electron chi connectivity index (χ0n) is 18.4. The first-order valence-corrected chi connectivity index (χ1v) is 12.3. The molecule has 2 aromatic rings. The van der Waals surface area contributed by atoms with Crippen molar-refractivity contribution in [1.82, 2.24) is 9.62 Å². The Hall–Kier alpha value is -2.43.